The molecule has 2 atom stereocenters. The molecule has 1 aliphatic rings. The molecule has 0 radical (unpaired) electrons. The van der Waals surface area contributed by atoms with E-state index in [1.54, 1.807) is 18.2 Å². The van der Waals surface area contributed by atoms with Crippen LogP contribution in [0.2, 0.25) is 0 Å². The highest BCUT2D eigenvalue weighted by atomic mass is 16.5. The first-order chi connectivity index (χ1) is 10.0. The number of ether oxygens (including phenoxy) is 1. The third-order valence-corrected chi connectivity index (χ3v) is 4.12. The summed E-state index contributed by atoms with van der Waals surface area (Å²) in [5.74, 6) is 1.29. The first kappa shape index (κ1) is 13.9. The first-order valence-electron chi connectivity index (χ1n) is 7.47. The number of nitrogens with one attached hydrogen (secondary N) is 1. The van der Waals surface area contributed by atoms with E-state index in [2.05, 4.69) is 23.8 Å². The van der Waals surface area contributed by atoms with Gasteiger partial charge in [-0.05, 0) is 49.3 Å². The molecule has 1 aromatic carbocycles. The number of aromatic amines is 1. The van der Waals surface area contributed by atoms with E-state index >= 15 is 0 Å². The van der Waals surface area contributed by atoms with Crippen molar-refractivity contribution in [1.29, 1.82) is 0 Å². The van der Waals surface area contributed by atoms with Gasteiger partial charge in [-0.25, -0.2) is 0 Å². The minimum atomic E-state index is -0.209. The summed E-state index contributed by atoms with van der Waals surface area (Å²) >= 11 is 0. The number of fused-ring (bicyclic) bond motifs is 1. The molecule has 3 rings (SSSR count). The number of hydrogen-bond acceptors (Lipinski definition) is 4. The van der Waals surface area contributed by atoms with Crippen LogP contribution >= 0.6 is 0 Å². The zero-order valence-electron chi connectivity index (χ0n) is 12.4. The maximum Gasteiger partial charge on any atom is 0.297 e. The van der Waals surface area contributed by atoms with E-state index in [0.29, 0.717) is 34.4 Å². The summed E-state index contributed by atoms with van der Waals surface area (Å²) < 4.78 is 5.92. The summed E-state index contributed by atoms with van der Waals surface area (Å²) in [5, 5.41) is 0.493. The Hall–Kier alpha value is -2.04. The minimum absolute atomic E-state index is 0.123. The zero-order chi connectivity index (χ0) is 15.0. The second-order valence-corrected chi connectivity index (χ2v) is 6.30. The molecule has 5 nitrogen and oxygen atoms in total. The van der Waals surface area contributed by atoms with E-state index in [1.165, 1.54) is 6.42 Å². The van der Waals surface area contributed by atoms with Gasteiger partial charge in [-0.15, -0.1) is 0 Å². The molecule has 0 spiro atoms. The van der Waals surface area contributed by atoms with Crippen LogP contribution < -0.4 is 16.0 Å². The van der Waals surface area contributed by atoms with Gasteiger partial charge in [-0.3, -0.25) is 9.78 Å². The molecular formula is C16H21N3O2. The van der Waals surface area contributed by atoms with E-state index in [1.807, 2.05) is 0 Å². The van der Waals surface area contributed by atoms with Crippen LogP contribution in [-0.4, -0.2) is 16.1 Å². The largest absolute Gasteiger partial charge is 0.461 e. The van der Waals surface area contributed by atoms with Crippen molar-refractivity contribution < 1.29 is 4.74 Å². The quantitative estimate of drug-likeness (QED) is 0.832. The average Bonchev–Trinajstić information content (AvgIpc) is 2.38. The van der Waals surface area contributed by atoms with E-state index in [0.717, 1.165) is 12.8 Å². The molecule has 0 amide bonds. The lowest BCUT2D eigenvalue weighted by Gasteiger charge is -2.31. The van der Waals surface area contributed by atoms with Gasteiger partial charge in [0.2, 0.25) is 0 Å². The van der Waals surface area contributed by atoms with Crippen LogP contribution in [0.25, 0.3) is 10.9 Å². The van der Waals surface area contributed by atoms with Gasteiger partial charge in [-0.2, -0.15) is 4.98 Å². The van der Waals surface area contributed by atoms with Crippen molar-refractivity contribution in [2.24, 2.45) is 11.8 Å². The smallest absolute Gasteiger partial charge is 0.297 e. The summed E-state index contributed by atoms with van der Waals surface area (Å²) in [5.41, 5.74) is 6.65. The number of anilines is 1. The number of nitrogens with two attached hydrogens (primary N) is 1. The predicted molar refractivity (Wildman–Crippen MR) is 83.4 cm³/mol. The Bertz CT molecular complexity index is 700. The highest BCUT2D eigenvalue weighted by Crippen LogP contribution is 2.30. The monoisotopic (exact) mass is 287 g/mol. The molecule has 5 heteroatoms. The highest BCUT2D eigenvalue weighted by molar-refractivity contribution is 5.81. The average molecular weight is 287 g/mol. The van der Waals surface area contributed by atoms with Gasteiger partial charge in [0.1, 0.15) is 6.10 Å². The van der Waals surface area contributed by atoms with E-state index < -0.39 is 0 Å². The standard InChI is InChI=1S/C16H21N3O2/c1-9-5-10(2)7-12(6-9)21-16-18-14-4-3-11(17)8-13(14)15(20)19-16/h3-4,8-10,12H,5-7,17H2,1-2H3,(H,18,19,20). The van der Waals surface area contributed by atoms with Crippen molar-refractivity contribution >= 4 is 16.6 Å². The summed E-state index contributed by atoms with van der Waals surface area (Å²) in [6.07, 6.45) is 3.38. The molecule has 1 fully saturated rings. The lowest BCUT2D eigenvalue weighted by molar-refractivity contribution is 0.0922. The van der Waals surface area contributed by atoms with Crippen molar-refractivity contribution in [3.05, 3.63) is 28.6 Å². The van der Waals surface area contributed by atoms with Crippen LogP contribution in [0, 0.1) is 11.8 Å². The third kappa shape index (κ3) is 3.01. The number of nitrogens with zero attached hydrogens (tertiary/aromatic N) is 1. The molecule has 1 aromatic heterocycles. The molecule has 1 heterocycles. The van der Waals surface area contributed by atoms with Crippen molar-refractivity contribution in [3.63, 3.8) is 0 Å². The second kappa shape index (κ2) is 5.39. The van der Waals surface area contributed by atoms with Gasteiger partial charge in [0.15, 0.2) is 0 Å². The Morgan fingerprint density at radius 2 is 1.95 bits per heavy atom. The minimum Gasteiger partial charge on any atom is -0.461 e. The Balaban J connectivity index is 1.87. The molecule has 21 heavy (non-hydrogen) atoms. The summed E-state index contributed by atoms with van der Waals surface area (Å²) in [4.78, 5) is 19.2. The number of rotatable bonds is 2. The maximum atomic E-state index is 12.1. The number of hydrogen-bond donors (Lipinski definition) is 2. The lowest BCUT2D eigenvalue weighted by atomic mass is 9.82. The van der Waals surface area contributed by atoms with Crippen LogP contribution in [0.3, 0.4) is 0 Å². The van der Waals surface area contributed by atoms with Crippen LogP contribution in [0.1, 0.15) is 33.1 Å². The van der Waals surface area contributed by atoms with Crippen molar-refractivity contribution in [2.75, 3.05) is 5.73 Å². The molecule has 3 N–H and O–H groups in total. The van der Waals surface area contributed by atoms with Crippen molar-refractivity contribution in [2.45, 2.75) is 39.2 Å². The van der Waals surface area contributed by atoms with Gasteiger partial charge in [0.25, 0.3) is 11.6 Å². The van der Waals surface area contributed by atoms with Gasteiger partial charge >= 0.3 is 0 Å². The summed E-state index contributed by atoms with van der Waals surface area (Å²) in [6, 6.07) is 5.43. The molecule has 2 aromatic rings. The third-order valence-electron chi connectivity index (χ3n) is 4.12. The Labute approximate surface area is 123 Å². The number of benzene rings is 1. The highest BCUT2D eigenvalue weighted by Gasteiger charge is 2.25. The SMILES string of the molecule is CC1CC(C)CC(Oc2nc3ccc(N)cc3c(=O)[nH]2)C1. The molecule has 1 aliphatic carbocycles. The van der Waals surface area contributed by atoms with E-state index in [4.69, 9.17) is 10.5 Å². The second-order valence-electron chi connectivity index (χ2n) is 6.30. The van der Waals surface area contributed by atoms with Crippen molar-refractivity contribution in [3.8, 4) is 6.01 Å². The lowest BCUT2D eigenvalue weighted by Crippen LogP contribution is -2.29. The molecule has 0 aliphatic heterocycles. The topological polar surface area (TPSA) is 81.0 Å². The van der Waals surface area contributed by atoms with Gasteiger partial charge in [-0.1, -0.05) is 13.8 Å². The number of aromatic nitrogens is 2. The number of nitrogen functional groups attached to an aromatic ring is 1. The van der Waals surface area contributed by atoms with Crippen LogP contribution in [0.5, 0.6) is 6.01 Å². The van der Waals surface area contributed by atoms with Gasteiger partial charge in [0, 0.05) is 5.69 Å². The van der Waals surface area contributed by atoms with Gasteiger partial charge in [0.05, 0.1) is 10.9 Å². The fourth-order valence-electron chi connectivity index (χ4n) is 3.32. The molecule has 1 saturated carbocycles. The van der Waals surface area contributed by atoms with Crippen LogP contribution in [0.15, 0.2) is 23.0 Å². The zero-order valence-corrected chi connectivity index (χ0v) is 12.4. The fourth-order valence-corrected chi connectivity index (χ4v) is 3.32. The first-order valence-corrected chi connectivity index (χ1v) is 7.47. The summed E-state index contributed by atoms with van der Waals surface area (Å²) in [6.45, 7) is 4.48. The molecule has 0 saturated heterocycles. The predicted octanol–water partition coefficient (Wildman–Crippen LogP) is 2.71. The summed E-state index contributed by atoms with van der Waals surface area (Å²) in [7, 11) is 0. The van der Waals surface area contributed by atoms with Crippen LogP contribution in [0.4, 0.5) is 5.69 Å². The van der Waals surface area contributed by atoms with E-state index in [9.17, 15) is 4.79 Å². The molecule has 112 valence electrons. The maximum absolute atomic E-state index is 12.1. The Morgan fingerprint density at radius 1 is 1.24 bits per heavy atom. The normalized spacial score (nSPS) is 25.9. The van der Waals surface area contributed by atoms with E-state index in [-0.39, 0.29) is 11.7 Å². The molecule has 2 unspecified atom stereocenters. The Morgan fingerprint density at radius 3 is 2.67 bits per heavy atom. The van der Waals surface area contributed by atoms with Crippen LogP contribution in [-0.2, 0) is 0 Å². The van der Waals surface area contributed by atoms with Gasteiger partial charge < -0.3 is 10.5 Å². The van der Waals surface area contributed by atoms with Crippen molar-refractivity contribution in [1.82, 2.24) is 9.97 Å². The molecule has 0 bridgehead atoms. The fraction of sp³-hybridized carbons (Fsp3) is 0.500. The Kier molecular flexibility index (Phi) is 3.57. The molecular weight excluding hydrogens is 266 g/mol. The number of H-pyrrole nitrogens is 1.